The van der Waals surface area contributed by atoms with Crippen LogP contribution in [0.1, 0.15) is 32.2 Å². The van der Waals surface area contributed by atoms with E-state index in [9.17, 15) is 4.79 Å². The van der Waals surface area contributed by atoms with E-state index in [0.29, 0.717) is 55.5 Å². The predicted octanol–water partition coefficient (Wildman–Crippen LogP) is 5.10. The number of ether oxygens (including phenoxy) is 1. The molecule has 0 spiro atoms. The summed E-state index contributed by atoms with van der Waals surface area (Å²) in [5, 5.41) is 5.59. The van der Waals surface area contributed by atoms with Crippen molar-refractivity contribution in [3.63, 3.8) is 0 Å². The molecule has 0 bridgehead atoms. The summed E-state index contributed by atoms with van der Waals surface area (Å²) in [6, 6.07) is 0. The van der Waals surface area contributed by atoms with E-state index in [0.717, 1.165) is 5.57 Å². The van der Waals surface area contributed by atoms with Crippen molar-refractivity contribution in [1.82, 2.24) is 24.6 Å². The van der Waals surface area contributed by atoms with Crippen LogP contribution in [0, 0.1) is 11.8 Å². The molecule has 2 atom stereocenters. The van der Waals surface area contributed by atoms with E-state index in [-0.39, 0.29) is 11.7 Å². The Labute approximate surface area is 219 Å². The van der Waals surface area contributed by atoms with Gasteiger partial charge in [0.2, 0.25) is 0 Å². The first-order valence-electron chi connectivity index (χ1n) is 11.7. The van der Waals surface area contributed by atoms with Crippen LogP contribution in [0.25, 0.3) is 16.6 Å². The van der Waals surface area contributed by atoms with Crippen LogP contribution in [0.2, 0.25) is 0 Å². The van der Waals surface area contributed by atoms with Crippen molar-refractivity contribution in [1.29, 1.82) is 0 Å². The fourth-order valence-corrected chi connectivity index (χ4v) is 5.09. The number of hydrogen-bond donors (Lipinski definition) is 1. The van der Waals surface area contributed by atoms with Crippen LogP contribution in [0.15, 0.2) is 85.7 Å². The second kappa shape index (κ2) is 13.2. The Bertz CT molecular complexity index is 1400. The molecule has 1 aliphatic rings. The lowest BCUT2D eigenvalue weighted by atomic mass is 10.1. The normalized spacial score (nSPS) is 17.5. The zero-order chi connectivity index (χ0) is 26.8. The lowest BCUT2D eigenvalue weighted by molar-refractivity contribution is -0.124. The highest BCUT2D eigenvalue weighted by Crippen LogP contribution is 2.40. The highest BCUT2D eigenvalue weighted by molar-refractivity contribution is 7.38. The van der Waals surface area contributed by atoms with E-state index < -0.39 is 0 Å². The van der Waals surface area contributed by atoms with Crippen LogP contribution in [0.3, 0.4) is 0 Å². The number of nitrogens with two attached hydrogens (primary N) is 1. The molecule has 2 N–H and O–H groups in total. The van der Waals surface area contributed by atoms with Crippen molar-refractivity contribution >= 4 is 36.9 Å². The number of nitrogens with zero attached hydrogens (tertiary/aromatic N) is 5. The minimum Gasteiger partial charge on any atom is -0.458 e. The number of carbonyl (C=O) groups excluding carboxylic acids is 1. The maximum atomic E-state index is 12.3. The maximum Gasteiger partial charge on any atom is 0.298 e. The first-order valence-corrected chi connectivity index (χ1v) is 13.0. The van der Waals surface area contributed by atoms with Crippen LogP contribution in [0.4, 0.5) is 5.82 Å². The van der Waals surface area contributed by atoms with Gasteiger partial charge >= 0.3 is 0 Å². The number of fused-ring (bicyclic) bond motifs is 1. The van der Waals surface area contributed by atoms with E-state index in [1.807, 2.05) is 42.8 Å². The smallest absolute Gasteiger partial charge is 0.298 e. The third-order valence-corrected chi connectivity index (χ3v) is 6.92. The molecule has 0 saturated carbocycles. The molecule has 37 heavy (non-hydrogen) atoms. The van der Waals surface area contributed by atoms with Gasteiger partial charge in [-0.3, -0.25) is 4.79 Å². The highest BCUT2D eigenvalue weighted by atomic mass is 31.1. The Hall–Kier alpha value is -4.21. The molecule has 2 aromatic rings. The fourth-order valence-electron chi connectivity index (χ4n) is 3.68. The van der Waals surface area contributed by atoms with Gasteiger partial charge in [0.05, 0.1) is 11.2 Å². The summed E-state index contributed by atoms with van der Waals surface area (Å²) >= 11 is 0. The molecule has 3 heterocycles. The number of allylic oxidation sites excluding steroid dienone is 10. The van der Waals surface area contributed by atoms with Crippen LogP contribution in [-0.2, 0) is 9.53 Å². The summed E-state index contributed by atoms with van der Waals surface area (Å²) in [6.45, 7) is 13.4. The van der Waals surface area contributed by atoms with Crippen LogP contribution in [-0.4, -0.2) is 43.4 Å². The second-order valence-corrected chi connectivity index (χ2v) is 9.19. The Morgan fingerprint density at radius 3 is 2.68 bits per heavy atom. The zero-order valence-electron chi connectivity index (χ0n) is 21.3. The first kappa shape index (κ1) is 27.4. The summed E-state index contributed by atoms with van der Waals surface area (Å²) in [5.41, 5.74) is 8.43. The number of rotatable bonds is 9. The van der Waals surface area contributed by atoms with Gasteiger partial charge in [0.25, 0.3) is 5.91 Å². The van der Waals surface area contributed by atoms with E-state index in [1.54, 1.807) is 42.2 Å². The number of nitrogen functional groups attached to an aromatic ring is 1. The number of aromatic nitrogens is 4. The molecule has 1 amide bonds. The predicted molar refractivity (Wildman–Crippen MR) is 152 cm³/mol. The lowest BCUT2D eigenvalue weighted by Gasteiger charge is -2.13. The van der Waals surface area contributed by atoms with Gasteiger partial charge in [-0.1, -0.05) is 52.0 Å². The molecule has 1 aliphatic heterocycles. The van der Waals surface area contributed by atoms with Gasteiger partial charge < -0.3 is 15.4 Å². The van der Waals surface area contributed by atoms with Gasteiger partial charge in [-0.05, 0) is 62.6 Å². The van der Waals surface area contributed by atoms with E-state index in [2.05, 4.69) is 35.0 Å². The fraction of sp³-hybridized carbons (Fsp3) is 0.214. The molecule has 2 aromatic heterocycles. The number of carbonyl (C=O) groups is 1. The first-order chi connectivity index (χ1) is 18.0. The van der Waals surface area contributed by atoms with Crippen molar-refractivity contribution in [2.24, 2.45) is 0 Å². The number of anilines is 1. The van der Waals surface area contributed by atoms with Crippen LogP contribution in [0.5, 0.6) is 0 Å². The Morgan fingerprint density at radius 1 is 1.19 bits per heavy atom. The van der Waals surface area contributed by atoms with Crippen molar-refractivity contribution in [2.75, 3.05) is 18.6 Å². The quantitative estimate of drug-likeness (QED) is 0.216. The second-order valence-electron chi connectivity index (χ2n) is 7.80. The largest absolute Gasteiger partial charge is 0.458 e. The van der Waals surface area contributed by atoms with Crippen molar-refractivity contribution in [2.45, 2.75) is 26.6 Å². The van der Waals surface area contributed by atoms with Gasteiger partial charge in [0.1, 0.15) is 29.4 Å². The summed E-state index contributed by atoms with van der Waals surface area (Å²) < 4.78 is 7.87. The molecule has 1 unspecified atom stereocenters. The maximum absolute atomic E-state index is 12.3. The summed E-state index contributed by atoms with van der Waals surface area (Å²) in [6.07, 6.45) is 18.4. The number of amides is 1. The number of hydrogen-bond acceptors (Lipinski definition) is 6. The molecular formula is C28H31N6O2P. The Kier molecular flexibility index (Phi) is 9.76. The third-order valence-electron chi connectivity index (χ3n) is 5.45. The Morgan fingerprint density at radius 2 is 2.00 bits per heavy atom. The van der Waals surface area contributed by atoms with Gasteiger partial charge in [-0.2, -0.15) is 5.10 Å². The average Bonchev–Trinajstić information content (AvgIpc) is 3.53. The molecular weight excluding hydrogens is 483 g/mol. The zero-order valence-corrected chi connectivity index (χ0v) is 22.3. The monoisotopic (exact) mass is 514 g/mol. The molecule has 190 valence electrons. The minimum atomic E-state index is -0.174. The van der Waals surface area contributed by atoms with Crippen LogP contribution >= 0.6 is 8.58 Å². The Balaban J connectivity index is 1.95. The SMILES string of the molecule is C=C/C=C\C(=C/C=C)OC(/C=C\C(=C/C)c1nn([C@H]2CN(C(=O)C#CC)CP2)c2ncnc(N)c12)=C/C. The van der Waals surface area contributed by atoms with E-state index in [4.69, 9.17) is 15.6 Å². The van der Waals surface area contributed by atoms with Gasteiger partial charge in [-0.25, -0.2) is 14.6 Å². The van der Waals surface area contributed by atoms with Crippen molar-refractivity contribution in [3.05, 3.63) is 91.4 Å². The van der Waals surface area contributed by atoms with Gasteiger partial charge in [0.15, 0.2) is 5.65 Å². The topological polar surface area (TPSA) is 99.2 Å². The molecule has 1 saturated heterocycles. The van der Waals surface area contributed by atoms with Gasteiger partial charge in [-0.15, -0.1) is 0 Å². The minimum absolute atomic E-state index is 0.0204. The molecule has 3 rings (SSSR count). The molecule has 0 aromatic carbocycles. The van der Waals surface area contributed by atoms with Crippen molar-refractivity contribution in [3.8, 4) is 11.8 Å². The summed E-state index contributed by atoms with van der Waals surface area (Å²) in [7, 11) is 0.458. The molecule has 8 nitrogen and oxygen atoms in total. The standard InChI is InChI=1S/C28H31N6O2P/c1-6-11-14-22(12-7-2)36-21(10-5)16-15-20(9-4)26-25-27(29)30-18-31-28(25)34(32-26)24-17-33(19-37-24)23(35)13-8-3/h6-7,9-12,14-16,18,24,37H,1-2,17,19H2,3-5H3,(H2,29,30,31)/b14-11-,16-15-,20-9+,21-10+,22-12+/t24-/m1/s1. The van der Waals surface area contributed by atoms with E-state index in [1.165, 1.54) is 6.33 Å². The lowest BCUT2D eigenvalue weighted by Crippen LogP contribution is -2.28. The van der Waals surface area contributed by atoms with Gasteiger partial charge in [0, 0.05) is 12.8 Å². The van der Waals surface area contributed by atoms with Crippen molar-refractivity contribution < 1.29 is 9.53 Å². The van der Waals surface area contributed by atoms with Crippen LogP contribution < -0.4 is 5.73 Å². The molecule has 0 aliphatic carbocycles. The molecule has 1 fully saturated rings. The third kappa shape index (κ3) is 6.52. The molecule has 9 heteroatoms. The summed E-state index contributed by atoms with van der Waals surface area (Å²) in [5.74, 6) is 6.70. The average molecular weight is 515 g/mol. The van der Waals surface area contributed by atoms with E-state index >= 15 is 0 Å². The molecule has 0 radical (unpaired) electrons. The highest BCUT2D eigenvalue weighted by Gasteiger charge is 2.30. The summed E-state index contributed by atoms with van der Waals surface area (Å²) in [4.78, 5) is 22.7.